The van der Waals surface area contributed by atoms with Gasteiger partial charge in [0.2, 0.25) is 5.91 Å². The quantitative estimate of drug-likeness (QED) is 0.636. The standard InChI is InChI=1S/C18H25N5O/c1-3-17(24)23-9-8-16(13-23)22-18(20-4-2)21-12-15-7-5-6-14(10-15)11-19/h5-7,10,16H,3-4,8-9,12-13H2,1-2H3,(H2,20,21,22). The first-order chi connectivity index (χ1) is 11.7. The average molecular weight is 327 g/mol. The van der Waals surface area contributed by atoms with E-state index in [-0.39, 0.29) is 11.9 Å². The summed E-state index contributed by atoms with van der Waals surface area (Å²) >= 11 is 0. The van der Waals surface area contributed by atoms with Crippen LogP contribution in [0.2, 0.25) is 0 Å². The predicted molar refractivity (Wildman–Crippen MR) is 94.4 cm³/mol. The molecule has 0 bridgehead atoms. The van der Waals surface area contributed by atoms with Crippen LogP contribution in [0.3, 0.4) is 0 Å². The summed E-state index contributed by atoms with van der Waals surface area (Å²) in [6, 6.07) is 9.84. The number of carbonyl (C=O) groups is 1. The van der Waals surface area contributed by atoms with Crippen molar-refractivity contribution in [3.63, 3.8) is 0 Å². The molecule has 1 aromatic rings. The summed E-state index contributed by atoms with van der Waals surface area (Å²) in [7, 11) is 0. The van der Waals surface area contributed by atoms with Crippen LogP contribution < -0.4 is 10.6 Å². The van der Waals surface area contributed by atoms with Crippen LogP contribution >= 0.6 is 0 Å². The zero-order valence-corrected chi connectivity index (χ0v) is 14.4. The van der Waals surface area contributed by atoms with E-state index in [0.29, 0.717) is 18.5 Å². The summed E-state index contributed by atoms with van der Waals surface area (Å²) < 4.78 is 0. The summed E-state index contributed by atoms with van der Waals surface area (Å²) in [6.45, 7) is 6.72. The number of nitriles is 1. The van der Waals surface area contributed by atoms with Gasteiger partial charge in [-0.15, -0.1) is 0 Å². The van der Waals surface area contributed by atoms with E-state index in [1.165, 1.54) is 0 Å². The second-order valence-corrected chi connectivity index (χ2v) is 5.83. The highest BCUT2D eigenvalue weighted by atomic mass is 16.2. The van der Waals surface area contributed by atoms with Crippen LogP contribution in [-0.2, 0) is 11.3 Å². The van der Waals surface area contributed by atoms with E-state index in [0.717, 1.165) is 37.6 Å². The van der Waals surface area contributed by atoms with Gasteiger partial charge in [-0.1, -0.05) is 19.1 Å². The fourth-order valence-electron chi connectivity index (χ4n) is 2.75. The molecule has 1 atom stereocenters. The van der Waals surface area contributed by atoms with Gasteiger partial charge in [0.25, 0.3) is 0 Å². The zero-order chi connectivity index (χ0) is 17.4. The van der Waals surface area contributed by atoms with Crippen LogP contribution in [0.25, 0.3) is 0 Å². The van der Waals surface area contributed by atoms with Crippen LogP contribution in [0, 0.1) is 11.3 Å². The number of hydrogen-bond acceptors (Lipinski definition) is 3. The van der Waals surface area contributed by atoms with Crippen molar-refractivity contribution in [3.8, 4) is 6.07 Å². The third-order valence-electron chi connectivity index (χ3n) is 4.00. The van der Waals surface area contributed by atoms with Gasteiger partial charge < -0.3 is 15.5 Å². The molecule has 0 spiro atoms. The van der Waals surface area contributed by atoms with Gasteiger partial charge in [0.15, 0.2) is 5.96 Å². The third kappa shape index (κ3) is 4.98. The predicted octanol–water partition coefficient (Wildman–Crippen LogP) is 1.62. The maximum Gasteiger partial charge on any atom is 0.222 e. The minimum absolute atomic E-state index is 0.203. The minimum atomic E-state index is 0.203. The molecule has 1 unspecified atom stereocenters. The molecule has 2 rings (SSSR count). The Kier molecular flexibility index (Phi) is 6.62. The number of benzene rings is 1. The number of likely N-dealkylation sites (tertiary alicyclic amines) is 1. The lowest BCUT2D eigenvalue weighted by Gasteiger charge is -2.18. The van der Waals surface area contributed by atoms with Crippen molar-refractivity contribution < 1.29 is 4.79 Å². The van der Waals surface area contributed by atoms with E-state index in [2.05, 4.69) is 21.7 Å². The molecule has 2 N–H and O–H groups in total. The average Bonchev–Trinajstić information content (AvgIpc) is 3.08. The molecule has 24 heavy (non-hydrogen) atoms. The smallest absolute Gasteiger partial charge is 0.222 e. The summed E-state index contributed by atoms with van der Waals surface area (Å²) in [4.78, 5) is 18.3. The normalized spacial score (nSPS) is 17.5. The van der Waals surface area contributed by atoms with Crippen LogP contribution in [-0.4, -0.2) is 42.4 Å². The molecule has 6 heteroatoms. The molecule has 6 nitrogen and oxygen atoms in total. The Hall–Kier alpha value is -2.55. The summed E-state index contributed by atoms with van der Waals surface area (Å²) in [5.41, 5.74) is 1.64. The second kappa shape index (κ2) is 8.92. The highest BCUT2D eigenvalue weighted by Gasteiger charge is 2.25. The molecule has 1 amide bonds. The Morgan fingerprint density at radius 1 is 1.46 bits per heavy atom. The van der Waals surface area contributed by atoms with Crippen LogP contribution in [0.1, 0.15) is 37.8 Å². The van der Waals surface area contributed by atoms with E-state index >= 15 is 0 Å². The van der Waals surface area contributed by atoms with Crippen molar-refractivity contribution in [1.82, 2.24) is 15.5 Å². The number of hydrogen-bond donors (Lipinski definition) is 2. The van der Waals surface area contributed by atoms with Gasteiger partial charge in [-0.05, 0) is 31.0 Å². The number of aliphatic imine (C=N–C) groups is 1. The molecular formula is C18H25N5O. The Morgan fingerprint density at radius 2 is 2.29 bits per heavy atom. The number of guanidine groups is 1. The first-order valence-corrected chi connectivity index (χ1v) is 8.48. The van der Waals surface area contributed by atoms with Crippen molar-refractivity contribution in [2.75, 3.05) is 19.6 Å². The molecule has 0 aliphatic carbocycles. The molecular weight excluding hydrogens is 302 g/mol. The fourth-order valence-corrected chi connectivity index (χ4v) is 2.75. The highest BCUT2D eigenvalue weighted by molar-refractivity contribution is 5.80. The Bertz CT molecular complexity index is 635. The number of amides is 1. The van der Waals surface area contributed by atoms with Crippen molar-refractivity contribution >= 4 is 11.9 Å². The SMILES string of the molecule is CCNC(=NCc1cccc(C#N)c1)NC1CCN(C(=O)CC)C1. The lowest BCUT2D eigenvalue weighted by Crippen LogP contribution is -2.45. The van der Waals surface area contributed by atoms with Crippen LogP contribution in [0.5, 0.6) is 0 Å². The number of carbonyl (C=O) groups excluding carboxylic acids is 1. The third-order valence-corrected chi connectivity index (χ3v) is 4.00. The van der Waals surface area contributed by atoms with Crippen molar-refractivity contribution in [2.24, 2.45) is 4.99 Å². The van der Waals surface area contributed by atoms with Gasteiger partial charge in [-0.25, -0.2) is 4.99 Å². The Balaban J connectivity index is 1.96. The monoisotopic (exact) mass is 327 g/mol. The molecule has 1 fully saturated rings. The molecule has 0 saturated carbocycles. The first-order valence-electron chi connectivity index (χ1n) is 8.48. The zero-order valence-electron chi connectivity index (χ0n) is 14.4. The van der Waals surface area contributed by atoms with E-state index in [9.17, 15) is 4.79 Å². The van der Waals surface area contributed by atoms with Gasteiger partial charge in [-0.2, -0.15) is 5.26 Å². The largest absolute Gasteiger partial charge is 0.357 e. The molecule has 0 aromatic heterocycles. The van der Waals surface area contributed by atoms with E-state index < -0.39 is 0 Å². The van der Waals surface area contributed by atoms with Gasteiger partial charge in [0, 0.05) is 32.1 Å². The van der Waals surface area contributed by atoms with Gasteiger partial charge in [0.1, 0.15) is 0 Å². The minimum Gasteiger partial charge on any atom is -0.357 e. The van der Waals surface area contributed by atoms with Crippen molar-refractivity contribution in [2.45, 2.75) is 39.3 Å². The molecule has 128 valence electrons. The Labute approximate surface area is 143 Å². The number of nitrogens with one attached hydrogen (secondary N) is 2. The highest BCUT2D eigenvalue weighted by Crippen LogP contribution is 2.11. The fraction of sp³-hybridized carbons (Fsp3) is 0.500. The van der Waals surface area contributed by atoms with Gasteiger partial charge in [0.05, 0.1) is 18.2 Å². The topological polar surface area (TPSA) is 80.5 Å². The first kappa shape index (κ1) is 17.8. The molecule has 1 aromatic carbocycles. The van der Waals surface area contributed by atoms with Gasteiger partial charge in [-0.3, -0.25) is 4.79 Å². The van der Waals surface area contributed by atoms with Crippen molar-refractivity contribution in [1.29, 1.82) is 5.26 Å². The molecule has 1 heterocycles. The van der Waals surface area contributed by atoms with Crippen LogP contribution in [0.4, 0.5) is 0 Å². The second-order valence-electron chi connectivity index (χ2n) is 5.83. The summed E-state index contributed by atoms with van der Waals surface area (Å²) in [5.74, 6) is 0.949. The van der Waals surface area contributed by atoms with Crippen molar-refractivity contribution in [3.05, 3.63) is 35.4 Å². The number of nitrogens with zero attached hydrogens (tertiary/aromatic N) is 3. The van der Waals surface area contributed by atoms with Crippen LogP contribution in [0.15, 0.2) is 29.3 Å². The number of rotatable bonds is 5. The molecule has 1 aliphatic heterocycles. The lowest BCUT2D eigenvalue weighted by atomic mass is 10.1. The van der Waals surface area contributed by atoms with E-state index in [4.69, 9.17) is 5.26 Å². The lowest BCUT2D eigenvalue weighted by molar-refractivity contribution is -0.129. The maximum absolute atomic E-state index is 11.8. The van der Waals surface area contributed by atoms with E-state index in [1.807, 2.05) is 36.9 Å². The Morgan fingerprint density at radius 3 is 3.00 bits per heavy atom. The summed E-state index contributed by atoms with van der Waals surface area (Å²) in [6.07, 6.45) is 1.48. The molecule has 0 radical (unpaired) electrons. The maximum atomic E-state index is 11.8. The van der Waals surface area contributed by atoms with E-state index in [1.54, 1.807) is 6.07 Å². The van der Waals surface area contributed by atoms with Gasteiger partial charge >= 0.3 is 0 Å². The summed E-state index contributed by atoms with van der Waals surface area (Å²) in [5, 5.41) is 15.6. The molecule has 1 aliphatic rings. The molecule has 1 saturated heterocycles.